The van der Waals surface area contributed by atoms with Crippen LogP contribution >= 0.6 is 19.4 Å². The number of unbranched alkanes of at least 4 members (excludes halogenated alkanes) is 2. The zero-order valence-corrected chi connectivity index (χ0v) is 15.4. The maximum Gasteiger partial charge on any atom is 0.420 e. The van der Waals surface area contributed by atoms with E-state index in [1.807, 2.05) is 18.2 Å². The van der Waals surface area contributed by atoms with Gasteiger partial charge in [-0.1, -0.05) is 52.6 Å². The van der Waals surface area contributed by atoms with Gasteiger partial charge in [-0.3, -0.25) is 0 Å². The number of carbonyl (C=O) groups is 1. The standard InChI is InChI=1S/C19H21ClO3P/c1-23-17-13-8-12-16(20)18(17)19(21)24(22)14-7-3-6-11-15-9-4-2-5-10-15/h2,4-5,8-10,12-13H,3,6-7,11,14H2,1H3/q+1. The summed E-state index contributed by atoms with van der Waals surface area (Å²) in [5, 5.41) is 0.284. The van der Waals surface area contributed by atoms with Crippen molar-refractivity contribution in [2.24, 2.45) is 0 Å². The summed E-state index contributed by atoms with van der Waals surface area (Å²) in [4.78, 5) is 12.4. The highest BCUT2D eigenvalue weighted by molar-refractivity contribution is 7.64. The van der Waals surface area contributed by atoms with Crippen molar-refractivity contribution in [1.82, 2.24) is 0 Å². The second-order valence-corrected chi connectivity index (χ2v) is 7.54. The molecule has 0 N–H and O–H groups in total. The predicted molar refractivity (Wildman–Crippen MR) is 98.8 cm³/mol. The zero-order chi connectivity index (χ0) is 17.4. The first-order chi connectivity index (χ1) is 11.6. The Balaban J connectivity index is 1.81. The molecule has 0 saturated heterocycles. The largest absolute Gasteiger partial charge is 0.496 e. The van der Waals surface area contributed by atoms with Gasteiger partial charge in [0, 0.05) is 0 Å². The Kier molecular flexibility index (Phi) is 7.42. The summed E-state index contributed by atoms with van der Waals surface area (Å²) in [6.45, 7) is 0. The number of benzene rings is 2. The van der Waals surface area contributed by atoms with E-state index in [4.69, 9.17) is 16.3 Å². The third-order valence-electron chi connectivity index (χ3n) is 3.81. The average Bonchev–Trinajstić information content (AvgIpc) is 2.61. The Morgan fingerprint density at radius 3 is 2.50 bits per heavy atom. The number of ether oxygens (including phenoxy) is 1. The summed E-state index contributed by atoms with van der Waals surface area (Å²) in [5.41, 5.74) is 1.11. The molecule has 5 heteroatoms. The highest BCUT2D eigenvalue weighted by Crippen LogP contribution is 2.36. The second kappa shape index (κ2) is 9.56. The first-order valence-electron chi connectivity index (χ1n) is 7.99. The molecule has 2 aromatic rings. The number of methoxy groups -OCH3 is 1. The van der Waals surface area contributed by atoms with Crippen LogP contribution in [0.3, 0.4) is 0 Å². The molecular weight excluding hydrogens is 343 g/mol. The molecule has 0 aliphatic carbocycles. The number of carbonyl (C=O) groups excluding carboxylic acids is 1. The van der Waals surface area contributed by atoms with Gasteiger partial charge in [0.05, 0.1) is 12.1 Å². The van der Waals surface area contributed by atoms with Gasteiger partial charge in [-0.15, -0.1) is 0 Å². The van der Waals surface area contributed by atoms with E-state index in [1.54, 1.807) is 18.2 Å². The normalized spacial score (nSPS) is 11.2. The maximum absolute atomic E-state index is 12.4. The lowest BCUT2D eigenvalue weighted by Gasteiger charge is -2.04. The topological polar surface area (TPSA) is 43.4 Å². The van der Waals surface area contributed by atoms with E-state index < -0.39 is 13.3 Å². The van der Waals surface area contributed by atoms with Crippen LogP contribution in [0.4, 0.5) is 0 Å². The molecule has 0 aliphatic rings. The van der Waals surface area contributed by atoms with E-state index in [1.165, 1.54) is 12.7 Å². The van der Waals surface area contributed by atoms with Crippen molar-refractivity contribution in [3.8, 4) is 5.75 Å². The molecule has 0 spiro atoms. The lowest BCUT2D eigenvalue weighted by Crippen LogP contribution is -2.01. The molecule has 2 rings (SSSR count). The fourth-order valence-corrected chi connectivity index (χ4v) is 4.03. The molecule has 0 radical (unpaired) electrons. The molecule has 126 valence electrons. The fourth-order valence-electron chi connectivity index (χ4n) is 2.51. The molecule has 1 atom stereocenters. The smallest absolute Gasteiger partial charge is 0.420 e. The van der Waals surface area contributed by atoms with E-state index in [9.17, 15) is 9.36 Å². The van der Waals surface area contributed by atoms with Crippen molar-refractivity contribution < 1.29 is 14.1 Å². The monoisotopic (exact) mass is 363 g/mol. The van der Waals surface area contributed by atoms with Crippen LogP contribution in [0.5, 0.6) is 5.75 Å². The SMILES string of the molecule is COc1cccc(Cl)c1C(=O)[P+](=O)CCCCCc1ccccc1. The Morgan fingerprint density at radius 1 is 1.04 bits per heavy atom. The van der Waals surface area contributed by atoms with E-state index in [0.29, 0.717) is 11.9 Å². The summed E-state index contributed by atoms with van der Waals surface area (Å²) < 4.78 is 17.4. The molecule has 0 bridgehead atoms. The Hall–Kier alpha value is -1.70. The Bertz CT molecular complexity index is 701. The van der Waals surface area contributed by atoms with E-state index in [0.717, 1.165) is 25.7 Å². The molecule has 24 heavy (non-hydrogen) atoms. The summed E-state index contributed by atoms with van der Waals surface area (Å²) in [6.07, 6.45) is 4.13. The molecule has 0 aliphatic heterocycles. The van der Waals surface area contributed by atoms with Crippen molar-refractivity contribution in [2.75, 3.05) is 13.3 Å². The van der Waals surface area contributed by atoms with Crippen LogP contribution in [-0.2, 0) is 11.0 Å². The van der Waals surface area contributed by atoms with Crippen molar-refractivity contribution in [3.05, 3.63) is 64.7 Å². The van der Waals surface area contributed by atoms with Crippen LogP contribution in [0, 0.1) is 0 Å². The molecule has 0 fully saturated rings. The van der Waals surface area contributed by atoms with Crippen molar-refractivity contribution in [3.63, 3.8) is 0 Å². The highest BCUT2D eigenvalue weighted by atomic mass is 35.5. The van der Waals surface area contributed by atoms with Gasteiger partial charge in [-0.2, -0.15) is 0 Å². The number of hydrogen-bond donors (Lipinski definition) is 0. The molecule has 0 heterocycles. The molecule has 0 saturated carbocycles. The van der Waals surface area contributed by atoms with Gasteiger partial charge in [-0.05, 0) is 43.4 Å². The van der Waals surface area contributed by atoms with Crippen LogP contribution < -0.4 is 4.74 Å². The van der Waals surface area contributed by atoms with Crippen LogP contribution in [-0.4, -0.2) is 18.8 Å². The van der Waals surface area contributed by atoms with Crippen LogP contribution in [0.2, 0.25) is 5.02 Å². The average molecular weight is 364 g/mol. The van der Waals surface area contributed by atoms with Gasteiger partial charge in [0.15, 0.2) is 6.16 Å². The number of halogens is 1. The Labute approximate surface area is 148 Å². The van der Waals surface area contributed by atoms with Crippen molar-refractivity contribution in [2.45, 2.75) is 25.7 Å². The molecule has 0 amide bonds. The minimum absolute atomic E-state index is 0.229. The summed E-state index contributed by atoms with van der Waals surface area (Å²) in [7, 11) is -0.509. The van der Waals surface area contributed by atoms with Crippen LogP contribution in [0.15, 0.2) is 48.5 Å². The number of rotatable bonds is 9. The third-order valence-corrected chi connectivity index (χ3v) is 5.52. The second-order valence-electron chi connectivity index (χ2n) is 5.52. The molecule has 0 aromatic heterocycles. The Morgan fingerprint density at radius 2 is 1.79 bits per heavy atom. The molecule has 2 aromatic carbocycles. The van der Waals surface area contributed by atoms with E-state index >= 15 is 0 Å². The zero-order valence-electron chi connectivity index (χ0n) is 13.7. The van der Waals surface area contributed by atoms with Crippen LogP contribution in [0.1, 0.15) is 35.2 Å². The summed E-state index contributed by atoms with van der Waals surface area (Å²) in [5.74, 6) is 0.375. The summed E-state index contributed by atoms with van der Waals surface area (Å²) in [6, 6.07) is 15.2. The van der Waals surface area contributed by atoms with Gasteiger partial charge in [-0.25, -0.2) is 4.79 Å². The first-order valence-corrected chi connectivity index (χ1v) is 9.81. The third kappa shape index (κ3) is 5.15. The van der Waals surface area contributed by atoms with E-state index in [2.05, 4.69) is 12.1 Å². The molecule has 3 nitrogen and oxygen atoms in total. The van der Waals surface area contributed by atoms with E-state index in [-0.39, 0.29) is 10.6 Å². The maximum atomic E-state index is 12.4. The first kappa shape index (κ1) is 18.6. The van der Waals surface area contributed by atoms with Crippen LogP contribution in [0.25, 0.3) is 0 Å². The number of aryl methyl sites for hydroxylation is 1. The minimum atomic E-state index is -1.98. The van der Waals surface area contributed by atoms with Gasteiger partial charge in [0.2, 0.25) is 0 Å². The van der Waals surface area contributed by atoms with Gasteiger partial charge >= 0.3 is 13.3 Å². The van der Waals surface area contributed by atoms with Crippen molar-refractivity contribution in [1.29, 1.82) is 0 Å². The minimum Gasteiger partial charge on any atom is -0.496 e. The van der Waals surface area contributed by atoms with Crippen molar-refractivity contribution >= 4 is 24.9 Å². The predicted octanol–water partition coefficient (Wildman–Crippen LogP) is 5.73. The van der Waals surface area contributed by atoms with Gasteiger partial charge < -0.3 is 4.74 Å². The summed E-state index contributed by atoms with van der Waals surface area (Å²) >= 11 is 6.07. The molecular formula is C19H21ClO3P+. The molecule has 1 unspecified atom stereocenters. The fraction of sp³-hybridized carbons (Fsp3) is 0.316. The lowest BCUT2D eigenvalue weighted by atomic mass is 10.1. The van der Waals surface area contributed by atoms with Gasteiger partial charge in [0.25, 0.3) is 0 Å². The quantitative estimate of drug-likeness (QED) is 0.422. The van der Waals surface area contributed by atoms with Gasteiger partial charge in [0.1, 0.15) is 11.3 Å². The lowest BCUT2D eigenvalue weighted by molar-refractivity contribution is 0.107. The number of hydrogen-bond acceptors (Lipinski definition) is 3. The highest BCUT2D eigenvalue weighted by Gasteiger charge is 2.33.